The summed E-state index contributed by atoms with van der Waals surface area (Å²) < 4.78 is 0. The molecule has 1 amide bonds. The average molecular weight is 239 g/mol. The first-order valence-corrected chi connectivity index (χ1v) is 6.03. The first-order valence-electron chi connectivity index (χ1n) is 6.03. The zero-order chi connectivity index (χ0) is 12.4. The largest absolute Gasteiger partial charge is 0.272 e. The maximum absolute atomic E-state index is 11.7. The maximum Gasteiger partial charge on any atom is 0.272 e. The summed E-state index contributed by atoms with van der Waals surface area (Å²) in [4.78, 5) is 15.5. The van der Waals surface area contributed by atoms with Crippen LogP contribution in [0.2, 0.25) is 0 Å². The highest BCUT2D eigenvalue weighted by atomic mass is 16.2. The van der Waals surface area contributed by atoms with E-state index in [4.69, 9.17) is 0 Å². The number of carbonyl (C=O) groups excluding carboxylic acids is 1. The summed E-state index contributed by atoms with van der Waals surface area (Å²) in [6, 6.07) is 3.30. The molecule has 2 atom stereocenters. The van der Waals surface area contributed by atoms with Gasteiger partial charge >= 0.3 is 0 Å². The summed E-state index contributed by atoms with van der Waals surface area (Å²) >= 11 is 0. The lowest BCUT2D eigenvalue weighted by molar-refractivity contribution is 0.0955. The van der Waals surface area contributed by atoms with E-state index < -0.39 is 0 Å². The lowest BCUT2D eigenvalue weighted by atomic mass is 10.0. The number of nitrogens with one attached hydrogen (secondary N) is 1. The number of aromatic nitrogens is 1. The Hall–Kier alpha value is -2.19. The molecule has 2 aliphatic rings. The van der Waals surface area contributed by atoms with Gasteiger partial charge in [0.15, 0.2) is 0 Å². The van der Waals surface area contributed by atoms with Crippen molar-refractivity contribution < 1.29 is 4.79 Å². The number of rotatable bonds is 2. The summed E-state index contributed by atoms with van der Waals surface area (Å²) in [7, 11) is 0. The van der Waals surface area contributed by atoms with Crippen molar-refractivity contribution in [2.45, 2.75) is 12.8 Å². The molecule has 0 radical (unpaired) electrons. The van der Waals surface area contributed by atoms with Crippen molar-refractivity contribution in [3.8, 4) is 0 Å². The van der Waals surface area contributed by atoms with Gasteiger partial charge in [0.05, 0.1) is 0 Å². The van der Waals surface area contributed by atoms with Crippen LogP contribution in [0, 0.1) is 11.8 Å². The number of pyridine rings is 1. The monoisotopic (exact) mass is 239 g/mol. The van der Waals surface area contributed by atoms with Gasteiger partial charge in [0, 0.05) is 35.3 Å². The van der Waals surface area contributed by atoms with E-state index in [1.54, 1.807) is 24.5 Å². The standard InChI is InChI=1S/C14H13N3O/c18-14(11-3-5-15-6-4-11)17-16-9-13-8-10-1-2-12(13)7-10/h1-6,10,12H,7-8H2,(H,17,18). The van der Waals surface area contributed by atoms with Gasteiger partial charge in [-0.15, -0.1) is 5.10 Å². The van der Waals surface area contributed by atoms with E-state index in [0.717, 1.165) is 6.42 Å². The highest BCUT2D eigenvalue weighted by molar-refractivity contribution is 5.94. The summed E-state index contributed by atoms with van der Waals surface area (Å²) in [6.45, 7) is 0. The molecule has 2 unspecified atom stereocenters. The molecular weight excluding hydrogens is 226 g/mol. The fraction of sp³-hybridized carbons (Fsp3) is 0.286. The average Bonchev–Trinajstić information content (AvgIpc) is 3.02. The molecule has 0 saturated heterocycles. The van der Waals surface area contributed by atoms with Crippen LogP contribution in [0.25, 0.3) is 0 Å². The van der Waals surface area contributed by atoms with Crippen molar-refractivity contribution in [1.29, 1.82) is 0 Å². The second-order valence-corrected chi connectivity index (χ2v) is 4.62. The van der Waals surface area contributed by atoms with E-state index in [9.17, 15) is 4.79 Å². The van der Waals surface area contributed by atoms with Crippen molar-refractivity contribution >= 4 is 11.8 Å². The molecule has 1 heterocycles. The van der Waals surface area contributed by atoms with Gasteiger partial charge in [-0.2, -0.15) is 0 Å². The van der Waals surface area contributed by atoms with E-state index in [2.05, 4.69) is 33.5 Å². The summed E-state index contributed by atoms with van der Waals surface area (Å²) in [5, 5.41) is 3.91. The molecule has 18 heavy (non-hydrogen) atoms. The Morgan fingerprint density at radius 3 is 2.89 bits per heavy atom. The number of carbonyl (C=O) groups is 1. The normalized spacial score (nSPS) is 23.9. The van der Waals surface area contributed by atoms with Crippen LogP contribution in [0.5, 0.6) is 0 Å². The van der Waals surface area contributed by atoms with Gasteiger partial charge in [0.1, 0.15) is 0 Å². The molecule has 1 N–H and O–H groups in total. The van der Waals surface area contributed by atoms with Crippen LogP contribution in [0.4, 0.5) is 0 Å². The fourth-order valence-corrected chi connectivity index (χ4v) is 2.47. The SMILES string of the molecule is O=C(NN=C=C1CC2C=CC1C2)c1ccncc1. The van der Waals surface area contributed by atoms with E-state index in [-0.39, 0.29) is 5.91 Å². The number of allylic oxidation sites excluding steroid dienone is 3. The Kier molecular flexibility index (Phi) is 2.79. The van der Waals surface area contributed by atoms with Crippen LogP contribution >= 0.6 is 0 Å². The van der Waals surface area contributed by atoms with E-state index in [0.29, 0.717) is 17.4 Å². The Morgan fingerprint density at radius 1 is 1.39 bits per heavy atom. The van der Waals surface area contributed by atoms with Gasteiger partial charge in [0.2, 0.25) is 0 Å². The van der Waals surface area contributed by atoms with Crippen molar-refractivity contribution in [1.82, 2.24) is 10.4 Å². The summed E-state index contributed by atoms with van der Waals surface area (Å²) in [5.41, 5.74) is 4.23. The smallest absolute Gasteiger partial charge is 0.267 e. The molecular formula is C14H13N3O. The maximum atomic E-state index is 11.7. The van der Waals surface area contributed by atoms with Crippen LogP contribution in [0.15, 0.2) is 47.4 Å². The Labute approximate surface area is 105 Å². The van der Waals surface area contributed by atoms with Crippen LogP contribution in [0.1, 0.15) is 23.2 Å². The van der Waals surface area contributed by atoms with Gasteiger partial charge in [-0.1, -0.05) is 12.2 Å². The third-order valence-electron chi connectivity index (χ3n) is 3.40. The van der Waals surface area contributed by atoms with Crippen LogP contribution in [-0.2, 0) is 0 Å². The van der Waals surface area contributed by atoms with Crippen LogP contribution in [0.3, 0.4) is 0 Å². The van der Waals surface area contributed by atoms with Gasteiger partial charge < -0.3 is 0 Å². The van der Waals surface area contributed by atoms with Crippen molar-refractivity contribution in [3.05, 3.63) is 47.8 Å². The third-order valence-corrected chi connectivity index (χ3v) is 3.40. The molecule has 3 rings (SSSR count). The quantitative estimate of drug-likeness (QED) is 0.487. The predicted molar refractivity (Wildman–Crippen MR) is 68.0 cm³/mol. The Morgan fingerprint density at radius 2 is 2.22 bits per heavy atom. The molecule has 4 nitrogen and oxygen atoms in total. The van der Waals surface area contributed by atoms with E-state index >= 15 is 0 Å². The third kappa shape index (κ3) is 2.11. The molecule has 0 aliphatic heterocycles. The zero-order valence-electron chi connectivity index (χ0n) is 9.84. The molecule has 2 aliphatic carbocycles. The number of hydrogen-bond acceptors (Lipinski definition) is 3. The molecule has 0 aromatic carbocycles. The van der Waals surface area contributed by atoms with Gasteiger partial charge in [-0.25, -0.2) is 5.43 Å². The molecule has 4 heteroatoms. The van der Waals surface area contributed by atoms with Crippen molar-refractivity contribution in [3.63, 3.8) is 0 Å². The number of nitrogens with zero attached hydrogens (tertiary/aromatic N) is 2. The second kappa shape index (κ2) is 4.59. The van der Waals surface area contributed by atoms with Gasteiger partial charge in [-0.05, 0) is 30.9 Å². The number of hydrazone groups is 1. The van der Waals surface area contributed by atoms with Gasteiger partial charge in [-0.3, -0.25) is 9.78 Å². The lowest BCUT2D eigenvalue weighted by Gasteiger charge is -2.02. The Balaban J connectivity index is 1.67. The van der Waals surface area contributed by atoms with Crippen LogP contribution in [-0.4, -0.2) is 16.8 Å². The lowest BCUT2D eigenvalue weighted by Crippen LogP contribution is -2.17. The van der Waals surface area contributed by atoms with Crippen molar-refractivity contribution in [2.24, 2.45) is 16.9 Å². The molecule has 1 saturated carbocycles. The van der Waals surface area contributed by atoms with E-state index in [1.165, 1.54) is 12.0 Å². The van der Waals surface area contributed by atoms with E-state index in [1.807, 2.05) is 0 Å². The minimum Gasteiger partial charge on any atom is -0.267 e. The summed E-state index contributed by atoms with van der Waals surface area (Å²) in [5.74, 6) is 3.86. The fourth-order valence-electron chi connectivity index (χ4n) is 2.47. The molecule has 1 aromatic rings. The number of fused-ring (bicyclic) bond motifs is 2. The molecule has 2 bridgehead atoms. The highest BCUT2D eigenvalue weighted by Gasteiger charge is 2.30. The van der Waals surface area contributed by atoms with Crippen molar-refractivity contribution in [2.75, 3.05) is 0 Å². The molecule has 1 fully saturated rings. The Bertz CT molecular complexity index is 556. The number of amides is 1. The molecule has 0 spiro atoms. The minimum absolute atomic E-state index is 0.232. The second-order valence-electron chi connectivity index (χ2n) is 4.62. The van der Waals surface area contributed by atoms with Gasteiger partial charge in [0.25, 0.3) is 5.91 Å². The zero-order valence-corrected chi connectivity index (χ0v) is 9.84. The number of hydrogen-bond donors (Lipinski definition) is 1. The summed E-state index contributed by atoms with van der Waals surface area (Å²) in [6.07, 6.45) is 9.82. The molecule has 1 aromatic heterocycles. The highest BCUT2D eigenvalue weighted by Crippen LogP contribution is 2.41. The van der Waals surface area contributed by atoms with Crippen LogP contribution < -0.4 is 5.43 Å². The predicted octanol–water partition coefficient (Wildman–Crippen LogP) is 1.92. The molecule has 90 valence electrons. The first-order chi connectivity index (χ1) is 8.83. The first kappa shape index (κ1) is 10.9. The topological polar surface area (TPSA) is 54.4 Å². The minimum atomic E-state index is -0.232.